The van der Waals surface area contributed by atoms with Gasteiger partial charge in [0.15, 0.2) is 5.78 Å². The van der Waals surface area contributed by atoms with E-state index in [-0.39, 0.29) is 11.2 Å². The van der Waals surface area contributed by atoms with Crippen molar-refractivity contribution in [2.45, 2.75) is 20.8 Å². The van der Waals surface area contributed by atoms with Crippen LogP contribution in [-0.2, 0) is 0 Å². The van der Waals surface area contributed by atoms with Crippen LogP contribution in [0.1, 0.15) is 31.1 Å². The molecule has 2 aromatic carbocycles. The Morgan fingerprint density at radius 1 is 1.00 bits per heavy atom. The molecular formula is C17H18O. The smallest absolute Gasteiger partial charge is 0.186 e. The van der Waals surface area contributed by atoms with Crippen molar-refractivity contribution in [1.29, 1.82) is 0 Å². The minimum atomic E-state index is 0.0280. The summed E-state index contributed by atoms with van der Waals surface area (Å²) in [5, 5.41) is 2.12. The molecule has 0 saturated heterocycles. The fraction of sp³-hybridized carbons (Fsp3) is 0.235. The molecule has 2 rings (SSSR count). The number of benzene rings is 2. The number of carbonyl (C=O) groups is 1. The Hall–Kier alpha value is -1.89. The number of allylic oxidation sites excluding steroid dienone is 2. The predicted molar refractivity (Wildman–Crippen MR) is 76.9 cm³/mol. The van der Waals surface area contributed by atoms with E-state index in [9.17, 15) is 4.79 Å². The molecule has 2 aromatic rings. The van der Waals surface area contributed by atoms with Crippen LogP contribution in [0.2, 0.25) is 0 Å². The number of hydrogen-bond acceptors (Lipinski definition) is 1. The Morgan fingerprint density at radius 2 is 1.67 bits per heavy atom. The first kappa shape index (κ1) is 12.6. The van der Waals surface area contributed by atoms with Crippen molar-refractivity contribution in [3.8, 4) is 0 Å². The highest BCUT2D eigenvalue weighted by molar-refractivity contribution is 6.13. The van der Waals surface area contributed by atoms with Crippen LogP contribution < -0.4 is 0 Å². The van der Waals surface area contributed by atoms with Crippen LogP contribution >= 0.6 is 0 Å². The Labute approximate surface area is 108 Å². The Kier molecular flexibility index (Phi) is 3.33. The lowest BCUT2D eigenvalue weighted by molar-refractivity contribution is 0.104. The summed E-state index contributed by atoms with van der Waals surface area (Å²) in [7, 11) is 0. The van der Waals surface area contributed by atoms with Crippen LogP contribution in [0.25, 0.3) is 10.8 Å². The number of ketones is 1. The monoisotopic (exact) mass is 238 g/mol. The zero-order valence-corrected chi connectivity index (χ0v) is 11.1. The largest absolute Gasteiger partial charge is 0.289 e. The third kappa shape index (κ3) is 2.86. The fourth-order valence-corrected chi connectivity index (χ4v) is 1.86. The van der Waals surface area contributed by atoms with E-state index in [4.69, 9.17) is 0 Å². The zero-order chi connectivity index (χ0) is 13.2. The molecule has 0 aromatic heterocycles. The van der Waals surface area contributed by atoms with E-state index < -0.39 is 0 Å². The highest BCUT2D eigenvalue weighted by Gasteiger charge is 2.09. The number of fused-ring (bicyclic) bond motifs is 1. The van der Waals surface area contributed by atoms with Gasteiger partial charge in [-0.1, -0.05) is 69.3 Å². The van der Waals surface area contributed by atoms with E-state index in [1.54, 1.807) is 6.08 Å². The quantitative estimate of drug-likeness (QED) is 0.551. The van der Waals surface area contributed by atoms with E-state index in [1.807, 2.05) is 48.5 Å². The average Bonchev–Trinajstić information content (AvgIpc) is 2.34. The molecule has 0 saturated carbocycles. The van der Waals surface area contributed by atoms with Crippen LogP contribution in [0, 0.1) is 5.41 Å². The van der Waals surface area contributed by atoms with Gasteiger partial charge in [0.25, 0.3) is 0 Å². The summed E-state index contributed by atoms with van der Waals surface area (Å²) in [6.07, 6.45) is 3.64. The predicted octanol–water partition coefficient (Wildman–Crippen LogP) is 4.62. The van der Waals surface area contributed by atoms with Gasteiger partial charge in [-0.25, -0.2) is 0 Å². The number of hydrogen-bond donors (Lipinski definition) is 0. The van der Waals surface area contributed by atoms with Gasteiger partial charge in [0.2, 0.25) is 0 Å². The molecule has 0 atom stereocenters. The molecule has 0 aliphatic heterocycles. The summed E-state index contributed by atoms with van der Waals surface area (Å²) < 4.78 is 0. The van der Waals surface area contributed by atoms with E-state index >= 15 is 0 Å². The van der Waals surface area contributed by atoms with Gasteiger partial charge < -0.3 is 0 Å². The van der Waals surface area contributed by atoms with Gasteiger partial charge in [-0.2, -0.15) is 0 Å². The lowest BCUT2D eigenvalue weighted by Gasteiger charge is -2.11. The van der Waals surface area contributed by atoms with Crippen LogP contribution in [0.15, 0.2) is 54.6 Å². The maximum Gasteiger partial charge on any atom is 0.186 e. The third-order valence-corrected chi connectivity index (χ3v) is 2.79. The molecule has 1 nitrogen and oxygen atoms in total. The molecule has 0 aliphatic rings. The first-order chi connectivity index (χ1) is 8.47. The molecule has 0 spiro atoms. The van der Waals surface area contributed by atoms with Crippen LogP contribution in [0.5, 0.6) is 0 Å². The molecule has 0 heterocycles. The van der Waals surface area contributed by atoms with Gasteiger partial charge in [0, 0.05) is 5.56 Å². The number of rotatable bonds is 2. The molecule has 0 amide bonds. The molecular weight excluding hydrogens is 220 g/mol. The van der Waals surface area contributed by atoms with Gasteiger partial charge in [-0.05, 0) is 22.3 Å². The summed E-state index contributed by atoms with van der Waals surface area (Å²) in [5.41, 5.74) is 0.800. The second-order valence-corrected chi connectivity index (χ2v) is 5.59. The Bertz CT molecular complexity index is 595. The van der Waals surface area contributed by atoms with E-state index in [1.165, 1.54) is 0 Å². The summed E-state index contributed by atoms with van der Waals surface area (Å²) in [4.78, 5) is 12.2. The third-order valence-electron chi connectivity index (χ3n) is 2.79. The van der Waals surface area contributed by atoms with Gasteiger partial charge in [-0.3, -0.25) is 4.79 Å². The van der Waals surface area contributed by atoms with Gasteiger partial charge >= 0.3 is 0 Å². The second-order valence-electron chi connectivity index (χ2n) is 5.59. The highest BCUT2D eigenvalue weighted by Crippen LogP contribution is 2.20. The van der Waals surface area contributed by atoms with E-state index in [2.05, 4.69) is 20.8 Å². The molecule has 18 heavy (non-hydrogen) atoms. The van der Waals surface area contributed by atoms with E-state index in [0.29, 0.717) is 0 Å². The molecule has 0 unspecified atom stereocenters. The second kappa shape index (κ2) is 4.77. The fourth-order valence-electron chi connectivity index (χ4n) is 1.86. The first-order valence-electron chi connectivity index (χ1n) is 6.19. The zero-order valence-electron chi connectivity index (χ0n) is 11.1. The van der Waals surface area contributed by atoms with Crippen molar-refractivity contribution in [3.63, 3.8) is 0 Å². The van der Waals surface area contributed by atoms with Crippen LogP contribution in [0.3, 0.4) is 0 Å². The standard InChI is InChI=1S/C17H18O/c1-17(2,3)12-11-16(18)15-10-6-8-13-7-4-5-9-14(13)15/h4-12H,1-3H3/b12-11+. The SMILES string of the molecule is CC(C)(C)/C=C/C(=O)c1cccc2ccccc12. The van der Waals surface area contributed by atoms with Crippen molar-refractivity contribution >= 4 is 16.6 Å². The van der Waals surface area contributed by atoms with Crippen molar-refractivity contribution in [2.75, 3.05) is 0 Å². The van der Waals surface area contributed by atoms with Crippen LogP contribution in [0.4, 0.5) is 0 Å². The highest BCUT2D eigenvalue weighted by atomic mass is 16.1. The minimum absolute atomic E-state index is 0.0280. The lowest BCUT2D eigenvalue weighted by atomic mass is 9.94. The van der Waals surface area contributed by atoms with Gasteiger partial charge in [0.1, 0.15) is 0 Å². The van der Waals surface area contributed by atoms with Crippen molar-refractivity contribution < 1.29 is 4.79 Å². The molecule has 0 radical (unpaired) electrons. The Morgan fingerprint density at radius 3 is 2.39 bits per heavy atom. The van der Waals surface area contributed by atoms with E-state index in [0.717, 1.165) is 16.3 Å². The normalized spacial score (nSPS) is 12.2. The summed E-state index contributed by atoms with van der Waals surface area (Å²) in [5.74, 6) is 0.0710. The van der Waals surface area contributed by atoms with Crippen molar-refractivity contribution in [3.05, 3.63) is 60.2 Å². The van der Waals surface area contributed by atoms with Crippen molar-refractivity contribution in [2.24, 2.45) is 5.41 Å². The maximum absolute atomic E-state index is 12.2. The minimum Gasteiger partial charge on any atom is -0.289 e. The van der Waals surface area contributed by atoms with Gasteiger partial charge in [-0.15, -0.1) is 0 Å². The van der Waals surface area contributed by atoms with Crippen molar-refractivity contribution in [1.82, 2.24) is 0 Å². The summed E-state index contributed by atoms with van der Waals surface area (Å²) >= 11 is 0. The molecule has 0 aliphatic carbocycles. The molecule has 0 N–H and O–H groups in total. The van der Waals surface area contributed by atoms with Gasteiger partial charge in [0.05, 0.1) is 0 Å². The average molecular weight is 238 g/mol. The number of carbonyl (C=O) groups excluding carboxylic acids is 1. The first-order valence-corrected chi connectivity index (χ1v) is 6.19. The maximum atomic E-state index is 12.2. The topological polar surface area (TPSA) is 17.1 Å². The van der Waals surface area contributed by atoms with Crippen LogP contribution in [-0.4, -0.2) is 5.78 Å². The Balaban J connectivity index is 2.43. The molecule has 0 fully saturated rings. The molecule has 1 heteroatoms. The molecule has 0 bridgehead atoms. The summed E-state index contributed by atoms with van der Waals surface area (Å²) in [6, 6.07) is 13.8. The lowest BCUT2D eigenvalue weighted by Crippen LogP contribution is -2.02. The summed E-state index contributed by atoms with van der Waals surface area (Å²) in [6.45, 7) is 6.25. The molecule has 92 valence electrons.